The zero-order valence-electron chi connectivity index (χ0n) is 9.87. The first kappa shape index (κ1) is 13.5. The summed E-state index contributed by atoms with van der Waals surface area (Å²) in [5, 5.41) is 9.80. The van der Waals surface area contributed by atoms with E-state index in [0.717, 1.165) is 12.0 Å². The molecule has 90 valence electrons. The maximum Gasteiger partial charge on any atom is 0.141 e. The third kappa shape index (κ3) is 3.46. The summed E-state index contributed by atoms with van der Waals surface area (Å²) in [4.78, 5) is 0. The molecule has 3 heteroatoms. The molecule has 0 aliphatic carbocycles. The molecule has 1 aromatic carbocycles. The molecule has 16 heavy (non-hydrogen) atoms. The summed E-state index contributed by atoms with van der Waals surface area (Å²) in [6, 6.07) is 4.73. The Morgan fingerprint density at radius 1 is 1.31 bits per heavy atom. The Bertz CT molecular complexity index is 342. The van der Waals surface area contributed by atoms with Crippen LogP contribution in [0.4, 0.5) is 4.39 Å². The lowest BCUT2D eigenvalue weighted by Gasteiger charge is -2.23. The molecule has 2 atom stereocenters. The normalized spacial score (nSPS) is 15.2. The van der Waals surface area contributed by atoms with Crippen LogP contribution >= 0.6 is 11.6 Å². The van der Waals surface area contributed by atoms with Gasteiger partial charge in [0, 0.05) is 0 Å². The Hall–Kier alpha value is -0.600. The summed E-state index contributed by atoms with van der Waals surface area (Å²) in [5.41, 5.74) is 0.964. The molecule has 1 N–H and O–H groups in total. The summed E-state index contributed by atoms with van der Waals surface area (Å²) in [5.74, 6) is 0.147. The minimum absolute atomic E-state index is 0.144. The maximum absolute atomic E-state index is 13.0. The first-order valence-electron chi connectivity index (χ1n) is 5.53. The lowest BCUT2D eigenvalue weighted by Crippen LogP contribution is -2.24. The van der Waals surface area contributed by atoms with E-state index in [2.05, 4.69) is 13.8 Å². The highest BCUT2D eigenvalue weighted by atomic mass is 35.5. The van der Waals surface area contributed by atoms with E-state index in [9.17, 15) is 9.50 Å². The number of aliphatic hydroxyl groups excluding tert-OH is 1. The second-order valence-electron chi connectivity index (χ2n) is 4.60. The zero-order chi connectivity index (χ0) is 12.3. The number of hydrogen-bond acceptors (Lipinski definition) is 1. The van der Waals surface area contributed by atoms with Gasteiger partial charge in [0.25, 0.3) is 0 Å². The Morgan fingerprint density at radius 2 is 1.94 bits per heavy atom. The monoisotopic (exact) mass is 244 g/mol. The second-order valence-corrected chi connectivity index (χ2v) is 5.01. The minimum atomic E-state index is -0.399. The minimum Gasteiger partial charge on any atom is -0.393 e. The van der Waals surface area contributed by atoms with Gasteiger partial charge in [-0.2, -0.15) is 0 Å². The highest BCUT2D eigenvalue weighted by molar-refractivity contribution is 6.30. The molecule has 0 aliphatic rings. The van der Waals surface area contributed by atoms with Crippen LogP contribution in [0, 0.1) is 17.7 Å². The van der Waals surface area contributed by atoms with Crippen molar-refractivity contribution in [2.75, 3.05) is 0 Å². The van der Waals surface area contributed by atoms with Crippen molar-refractivity contribution in [1.29, 1.82) is 0 Å². The Morgan fingerprint density at radius 3 is 2.38 bits per heavy atom. The quantitative estimate of drug-likeness (QED) is 0.857. The predicted molar refractivity (Wildman–Crippen MR) is 65.1 cm³/mol. The van der Waals surface area contributed by atoms with E-state index < -0.39 is 5.82 Å². The molecule has 0 fully saturated rings. The van der Waals surface area contributed by atoms with E-state index in [1.807, 2.05) is 0 Å². The van der Waals surface area contributed by atoms with Gasteiger partial charge in [-0.1, -0.05) is 31.5 Å². The Balaban J connectivity index is 2.81. The fraction of sp³-hybridized carbons (Fsp3) is 0.538. The van der Waals surface area contributed by atoms with Crippen LogP contribution in [0.25, 0.3) is 0 Å². The van der Waals surface area contributed by atoms with Crippen molar-refractivity contribution in [2.45, 2.75) is 33.3 Å². The van der Waals surface area contributed by atoms with Crippen LogP contribution in [-0.4, -0.2) is 11.2 Å². The van der Waals surface area contributed by atoms with Crippen molar-refractivity contribution < 1.29 is 9.50 Å². The Kier molecular flexibility index (Phi) is 4.75. The van der Waals surface area contributed by atoms with Gasteiger partial charge in [-0.25, -0.2) is 4.39 Å². The number of hydrogen-bond donors (Lipinski definition) is 1. The molecular formula is C13H18ClFO. The molecule has 0 heterocycles. The van der Waals surface area contributed by atoms with Crippen molar-refractivity contribution in [3.8, 4) is 0 Å². The van der Waals surface area contributed by atoms with E-state index in [1.54, 1.807) is 19.1 Å². The standard InChI is InChI=1S/C13H18ClFO/c1-8(2)11(9(3)16)6-10-4-5-13(15)12(14)7-10/h4-5,7-9,11,16H,6H2,1-3H3. The van der Waals surface area contributed by atoms with Gasteiger partial charge < -0.3 is 5.11 Å². The van der Waals surface area contributed by atoms with E-state index in [4.69, 9.17) is 11.6 Å². The second kappa shape index (κ2) is 5.65. The molecule has 0 aliphatic heterocycles. The van der Waals surface area contributed by atoms with Crippen LogP contribution in [0.2, 0.25) is 5.02 Å². The molecule has 0 saturated carbocycles. The summed E-state index contributed by atoms with van der Waals surface area (Å²) in [7, 11) is 0. The molecule has 0 bridgehead atoms. The fourth-order valence-electron chi connectivity index (χ4n) is 1.90. The van der Waals surface area contributed by atoms with Gasteiger partial charge in [0.15, 0.2) is 0 Å². The molecule has 1 aromatic rings. The van der Waals surface area contributed by atoms with Gasteiger partial charge in [0.05, 0.1) is 11.1 Å². The number of aliphatic hydroxyl groups is 1. The highest BCUT2D eigenvalue weighted by Gasteiger charge is 2.19. The molecule has 0 radical (unpaired) electrons. The summed E-state index contributed by atoms with van der Waals surface area (Å²) in [6.45, 7) is 5.93. The van der Waals surface area contributed by atoms with Crippen LogP contribution in [0.15, 0.2) is 18.2 Å². The van der Waals surface area contributed by atoms with Crippen molar-refractivity contribution in [3.05, 3.63) is 34.6 Å². The highest BCUT2D eigenvalue weighted by Crippen LogP contribution is 2.23. The molecule has 0 spiro atoms. The predicted octanol–water partition coefficient (Wildman–Crippen LogP) is 3.67. The maximum atomic E-state index is 13.0. The number of benzene rings is 1. The molecule has 1 nitrogen and oxygen atoms in total. The smallest absolute Gasteiger partial charge is 0.141 e. The fourth-order valence-corrected chi connectivity index (χ4v) is 2.11. The van der Waals surface area contributed by atoms with Crippen LogP contribution in [0.1, 0.15) is 26.3 Å². The van der Waals surface area contributed by atoms with Crippen molar-refractivity contribution in [1.82, 2.24) is 0 Å². The van der Waals surface area contributed by atoms with Gasteiger partial charge in [-0.05, 0) is 42.9 Å². The van der Waals surface area contributed by atoms with E-state index in [0.29, 0.717) is 5.92 Å². The molecular weight excluding hydrogens is 227 g/mol. The van der Waals surface area contributed by atoms with E-state index >= 15 is 0 Å². The van der Waals surface area contributed by atoms with Gasteiger partial charge in [-0.3, -0.25) is 0 Å². The average Bonchev–Trinajstić information content (AvgIpc) is 2.18. The SMILES string of the molecule is CC(C)C(Cc1ccc(F)c(Cl)c1)C(C)O. The largest absolute Gasteiger partial charge is 0.393 e. The first-order valence-corrected chi connectivity index (χ1v) is 5.91. The summed E-state index contributed by atoms with van der Waals surface area (Å²) >= 11 is 5.72. The van der Waals surface area contributed by atoms with Crippen LogP contribution < -0.4 is 0 Å². The van der Waals surface area contributed by atoms with Crippen LogP contribution in [0.3, 0.4) is 0 Å². The molecule has 1 rings (SSSR count). The first-order chi connectivity index (χ1) is 7.41. The molecule has 0 amide bonds. The van der Waals surface area contributed by atoms with Crippen molar-refractivity contribution in [2.24, 2.45) is 11.8 Å². The lowest BCUT2D eigenvalue weighted by molar-refractivity contribution is 0.0977. The van der Waals surface area contributed by atoms with Crippen LogP contribution in [-0.2, 0) is 6.42 Å². The number of rotatable bonds is 4. The summed E-state index contributed by atoms with van der Waals surface area (Å²) in [6.07, 6.45) is 0.346. The molecule has 2 unspecified atom stereocenters. The zero-order valence-corrected chi connectivity index (χ0v) is 10.6. The van der Waals surface area contributed by atoms with Gasteiger partial charge >= 0.3 is 0 Å². The third-order valence-electron chi connectivity index (χ3n) is 2.93. The van der Waals surface area contributed by atoms with Gasteiger partial charge in [0.1, 0.15) is 5.82 Å². The van der Waals surface area contributed by atoms with Gasteiger partial charge in [0.2, 0.25) is 0 Å². The molecule has 0 aromatic heterocycles. The average molecular weight is 245 g/mol. The van der Waals surface area contributed by atoms with Gasteiger partial charge in [-0.15, -0.1) is 0 Å². The van der Waals surface area contributed by atoms with Crippen LogP contribution in [0.5, 0.6) is 0 Å². The summed E-state index contributed by atoms with van der Waals surface area (Å²) < 4.78 is 13.0. The topological polar surface area (TPSA) is 20.2 Å². The number of halogens is 2. The Labute approximate surface area is 101 Å². The molecule has 0 saturated heterocycles. The van der Waals surface area contributed by atoms with Crippen molar-refractivity contribution >= 4 is 11.6 Å². The van der Waals surface area contributed by atoms with E-state index in [1.165, 1.54) is 6.07 Å². The van der Waals surface area contributed by atoms with Crippen molar-refractivity contribution in [3.63, 3.8) is 0 Å². The van der Waals surface area contributed by atoms with E-state index in [-0.39, 0.29) is 17.0 Å². The third-order valence-corrected chi connectivity index (χ3v) is 3.22. The lowest BCUT2D eigenvalue weighted by atomic mass is 9.85.